The van der Waals surface area contributed by atoms with Crippen LogP contribution in [0.3, 0.4) is 0 Å². The van der Waals surface area contributed by atoms with Gasteiger partial charge in [0.15, 0.2) is 0 Å². The summed E-state index contributed by atoms with van der Waals surface area (Å²) < 4.78 is 5.22. The average Bonchev–Trinajstić information content (AvgIpc) is 2.18. The van der Waals surface area contributed by atoms with Crippen LogP contribution in [0.15, 0.2) is 0 Å². The molecule has 2 rings (SSSR count). The van der Waals surface area contributed by atoms with Gasteiger partial charge in [-0.05, 0) is 0 Å². The molecule has 1 amide bonds. The van der Waals surface area contributed by atoms with Crippen LogP contribution in [0.1, 0.15) is 13.8 Å². The molecule has 0 saturated carbocycles. The van der Waals surface area contributed by atoms with Gasteiger partial charge in [-0.15, -0.1) is 0 Å². The van der Waals surface area contributed by atoms with Crippen LogP contribution in [0.4, 0.5) is 0 Å². The lowest BCUT2D eigenvalue weighted by molar-refractivity contribution is -0.144. The second kappa shape index (κ2) is 3.51. The molecule has 0 aromatic carbocycles. The molecular formula is C10H18N2O2. The summed E-state index contributed by atoms with van der Waals surface area (Å²) in [4.78, 5) is 13.9. The molecule has 4 nitrogen and oxygen atoms in total. The molecule has 2 aliphatic heterocycles. The van der Waals surface area contributed by atoms with E-state index in [9.17, 15) is 4.79 Å². The second-order valence-corrected chi connectivity index (χ2v) is 4.74. The molecule has 2 aliphatic rings. The molecule has 4 heteroatoms. The van der Waals surface area contributed by atoms with Crippen molar-refractivity contribution in [1.82, 2.24) is 10.2 Å². The summed E-state index contributed by atoms with van der Waals surface area (Å²) in [6.45, 7) is 8.05. The van der Waals surface area contributed by atoms with Gasteiger partial charge in [-0.25, -0.2) is 0 Å². The molecule has 2 fully saturated rings. The standard InChI is InChI=1S/C10H18N2O2/c1-10(2)7-11-8(10)9(13)12-3-5-14-6-4-12/h8,11H,3-7H2,1-2H3. The first-order valence-electron chi connectivity index (χ1n) is 5.21. The van der Waals surface area contributed by atoms with Gasteiger partial charge in [-0.3, -0.25) is 4.79 Å². The van der Waals surface area contributed by atoms with Crippen LogP contribution in [-0.2, 0) is 9.53 Å². The van der Waals surface area contributed by atoms with Crippen LogP contribution in [0.25, 0.3) is 0 Å². The highest BCUT2D eigenvalue weighted by Crippen LogP contribution is 2.29. The number of ether oxygens (including phenoxy) is 1. The number of amides is 1. The van der Waals surface area contributed by atoms with Gasteiger partial charge in [0.1, 0.15) is 0 Å². The van der Waals surface area contributed by atoms with Crippen molar-refractivity contribution in [3.63, 3.8) is 0 Å². The number of morpholine rings is 1. The lowest BCUT2D eigenvalue weighted by Crippen LogP contribution is -2.66. The molecule has 2 heterocycles. The predicted octanol–water partition coefficient (Wildman–Crippen LogP) is -0.157. The Bertz CT molecular complexity index is 234. The fourth-order valence-corrected chi connectivity index (χ4v) is 2.00. The van der Waals surface area contributed by atoms with Crippen molar-refractivity contribution >= 4 is 5.91 Å². The van der Waals surface area contributed by atoms with E-state index in [1.54, 1.807) is 0 Å². The van der Waals surface area contributed by atoms with E-state index >= 15 is 0 Å². The average molecular weight is 198 g/mol. The SMILES string of the molecule is CC1(C)CNC1C(=O)N1CCOCC1. The van der Waals surface area contributed by atoms with Crippen molar-refractivity contribution in [3.8, 4) is 0 Å². The number of rotatable bonds is 1. The molecule has 2 saturated heterocycles. The van der Waals surface area contributed by atoms with Gasteiger partial charge in [-0.1, -0.05) is 13.8 Å². The van der Waals surface area contributed by atoms with Gasteiger partial charge in [0.25, 0.3) is 0 Å². The Kier molecular flexibility index (Phi) is 2.49. The number of hydrogen-bond acceptors (Lipinski definition) is 3. The number of carbonyl (C=O) groups excluding carboxylic acids is 1. The zero-order valence-electron chi connectivity index (χ0n) is 8.88. The van der Waals surface area contributed by atoms with Crippen LogP contribution >= 0.6 is 0 Å². The van der Waals surface area contributed by atoms with Crippen LogP contribution in [0.2, 0.25) is 0 Å². The number of nitrogens with one attached hydrogen (secondary N) is 1. The molecule has 1 unspecified atom stereocenters. The summed E-state index contributed by atoms with van der Waals surface area (Å²) in [6.07, 6.45) is 0. The van der Waals surface area contributed by atoms with Gasteiger partial charge in [0, 0.05) is 25.0 Å². The molecule has 1 N–H and O–H groups in total. The fourth-order valence-electron chi connectivity index (χ4n) is 2.00. The highest BCUT2D eigenvalue weighted by Gasteiger charge is 2.44. The van der Waals surface area contributed by atoms with E-state index in [1.807, 2.05) is 4.90 Å². The molecule has 80 valence electrons. The van der Waals surface area contributed by atoms with Crippen molar-refractivity contribution in [2.75, 3.05) is 32.8 Å². The maximum Gasteiger partial charge on any atom is 0.240 e. The third-order valence-corrected chi connectivity index (χ3v) is 3.11. The highest BCUT2D eigenvalue weighted by atomic mass is 16.5. The van der Waals surface area contributed by atoms with E-state index in [2.05, 4.69) is 19.2 Å². The number of nitrogens with zero attached hydrogens (tertiary/aromatic N) is 1. The largest absolute Gasteiger partial charge is 0.378 e. The minimum atomic E-state index is 0.0144. The fraction of sp³-hybridized carbons (Fsp3) is 0.900. The van der Waals surface area contributed by atoms with Crippen molar-refractivity contribution in [1.29, 1.82) is 0 Å². The van der Waals surface area contributed by atoms with Crippen molar-refractivity contribution < 1.29 is 9.53 Å². The lowest BCUT2D eigenvalue weighted by Gasteiger charge is -2.46. The van der Waals surface area contributed by atoms with Crippen LogP contribution in [0.5, 0.6) is 0 Å². The predicted molar refractivity (Wildman–Crippen MR) is 53.0 cm³/mol. The molecule has 0 radical (unpaired) electrons. The van der Waals surface area contributed by atoms with Crippen LogP contribution in [0, 0.1) is 5.41 Å². The van der Waals surface area contributed by atoms with E-state index in [0.29, 0.717) is 13.2 Å². The normalized spacial score (nSPS) is 31.0. The van der Waals surface area contributed by atoms with Crippen molar-refractivity contribution in [3.05, 3.63) is 0 Å². The highest BCUT2D eigenvalue weighted by molar-refractivity contribution is 5.84. The molecule has 0 aromatic rings. The first kappa shape index (κ1) is 9.93. The molecule has 0 aliphatic carbocycles. The summed E-state index contributed by atoms with van der Waals surface area (Å²) in [5.41, 5.74) is 0.120. The first-order chi connectivity index (χ1) is 6.61. The summed E-state index contributed by atoms with van der Waals surface area (Å²) in [6, 6.07) is 0.0144. The minimum Gasteiger partial charge on any atom is -0.378 e. The molecule has 1 atom stereocenters. The van der Waals surface area contributed by atoms with Crippen LogP contribution in [-0.4, -0.2) is 49.7 Å². The van der Waals surface area contributed by atoms with Gasteiger partial charge >= 0.3 is 0 Å². The summed E-state index contributed by atoms with van der Waals surface area (Å²) in [7, 11) is 0. The Morgan fingerprint density at radius 1 is 1.43 bits per heavy atom. The zero-order valence-corrected chi connectivity index (χ0v) is 8.88. The van der Waals surface area contributed by atoms with E-state index in [0.717, 1.165) is 19.6 Å². The topological polar surface area (TPSA) is 41.6 Å². The summed E-state index contributed by atoms with van der Waals surface area (Å²) in [5, 5.41) is 3.20. The lowest BCUT2D eigenvalue weighted by atomic mass is 9.76. The Labute approximate surface area is 84.6 Å². The second-order valence-electron chi connectivity index (χ2n) is 4.74. The Balaban J connectivity index is 1.94. The quantitative estimate of drug-likeness (QED) is 0.637. The maximum atomic E-state index is 12.0. The first-order valence-corrected chi connectivity index (χ1v) is 5.21. The molecule has 0 spiro atoms. The number of carbonyl (C=O) groups is 1. The van der Waals surface area contributed by atoms with Gasteiger partial charge in [-0.2, -0.15) is 0 Å². The third-order valence-electron chi connectivity index (χ3n) is 3.11. The summed E-state index contributed by atoms with van der Waals surface area (Å²) in [5.74, 6) is 0.240. The minimum absolute atomic E-state index is 0.0144. The van der Waals surface area contributed by atoms with Crippen molar-refractivity contribution in [2.24, 2.45) is 5.41 Å². The van der Waals surface area contributed by atoms with Gasteiger partial charge in [0.05, 0.1) is 19.3 Å². The zero-order chi connectivity index (χ0) is 10.2. The maximum absolute atomic E-state index is 12.0. The molecule has 14 heavy (non-hydrogen) atoms. The van der Waals surface area contributed by atoms with E-state index in [1.165, 1.54) is 0 Å². The number of hydrogen-bond donors (Lipinski definition) is 1. The monoisotopic (exact) mass is 198 g/mol. The van der Waals surface area contributed by atoms with Crippen molar-refractivity contribution in [2.45, 2.75) is 19.9 Å². The van der Waals surface area contributed by atoms with Gasteiger partial charge < -0.3 is 15.0 Å². The smallest absolute Gasteiger partial charge is 0.240 e. The molecule has 0 bridgehead atoms. The molecule has 0 aromatic heterocycles. The Hall–Kier alpha value is -0.610. The van der Waals surface area contributed by atoms with E-state index < -0.39 is 0 Å². The Morgan fingerprint density at radius 2 is 2.07 bits per heavy atom. The molecular weight excluding hydrogens is 180 g/mol. The van der Waals surface area contributed by atoms with E-state index in [4.69, 9.17) is 4.74 Å². The van der Waals surface area contributed by atoms with E-state index in [-0.39, 0.29) is 17.4 Å². The Morgan fingerprint density at radius 3 is 2.50 bits per heavy atom. The summed E-state index contributed by atoms with van der Waals surface area (Å²) >= 11 is 0. The van der Waals surface area contributed by atoms with Crippen LogP contribution < -0.4 is 5.32 Å². The third kappa shape index (κ3) is 1.64. The van der Waals surface area contributed by atoms with Gasteiger partial charge in [0.2, 0.25) is 5.91 Å².